The van der Waals surface area contributed by atoms with Gasteiger partial charge in [0.1, 0.15) is 5.82 Å². The molecule has 1 saturated heterocycles. The minimum absolute atomic E-state index is 0.0495. The second kappa shape index (κ2) is 6.78. The summed E-state index contributed by atoms with van der Waals surface area (Å²) in [6, 6.07) is 11.6. The van der Waals surface area contributed by atoms with Crippen LogP contribution in [0.2, 0.25) is 0 Å². The maximum absolute atomic E-state index is 12.9. The Morgan fingerprint density at radius 3 is 2.50 bits per heavy atom. The first-order valence-electron chi connectivity index (χ1n) is 9.00. The molecule has 0 bridgehead atoms. The van der Waals surface area contributed by atoms with Gasteiger partial charge in [0, 0.05) is 57.1 Å². The molecular weight excluding hydrogens is 328 g/mol. The van der Waals surface area contributed by atoms with Gasteiger partial charge in [-0.2, -0.15) is 0 Å². The fraction of sp³-hybridized carbons (Fsp3) is 0.350. The van der Waals surface area contributed by atoms with Crippen molar-refractivity contribution in [1.29, 1.82) is 0 Å². The normalized spacial score (nSPS) is 16.6. The molecule has 1 aromatic carbocycles. The molecule has 4 rings (SSSR count). The van der Waals surface area contributed by atoms with Crippen molar-refractivity contribution in [2.75, 3.05) is 42.5 Å². The molecule has 1 aromatic heterocycles. The van der Waals surface area contributed by atoms with E-state index in [9.17, 15) is 9.59 Å². The number of fused-ring (bicyclic) bond motifs is 1. The van der Waals surface area contributed by atoms with Crippen molar-refractivity contribution in [2.24, 2.45) is 0 Å². The van der Waals surface area contributed by atoms with E-state index in [1.165, 1.54) is 0 Å². The Morgan fingerprint density at radius 2 is 1.81 bits per heavy atom. The molecule has 3 heterocycles. The standard InChI is InChI=1S/C20H22N4O2/c1-15(25)24-9-7-16-14-17(5-6-18(16)24)20(26)23-12-10-22(11-13-23)19-4-2-3-8-21-19/h2-6,8,14H,7,9-13H2,1H3. The second-order valence-electron chi connectivity index (χ2n) is 6.73. The molecule has 2 amide bonds. The highest BCUT2D eigenvalue weighted by atomic mass is 16.2. The van der Waals surface area contributed by atoms with Gasteiger partial charge in [0.05, 0.1) is 0 Å². The first kappa shape index (κ1) is 16.6. The summed E-state index contributed by atoms with van der Waals surface area (Å²) in [6.45, 7) is 5.22. The lowest BCUT2D eigenvalue weighted by Crippen LogP contribution is -2.49. The summed E-state index contributed by atoms with van der Waals surface area (Å²) >= 11 is 0. The first-order valence-corrected chi connectivity index (χ1v) is 9.00. The fourth-order valence-electron chi connectivity index (χ4n) is 3.72. The third-order valence-corrected chi connectivity index (χ3v) is 5.14. The topological polar surface area (TPSA) is 56.8 Å². The van der Waals surface area contributed by atoms with Crippen molar-refractivity contribution < 1.29 is 9.59 Å². The number of aromatic nitrogens is 1. The summed E-state index contributed by atoms with van der Waals surface area (Å²) in [6.07, 6.45) is 2.60. The summed E-state index contributed by atoms with van der Waals surface area (Å²) in [5.41, 5.74) is 2.73. The summed E-state index contributed by atoms with van der Waals surface area (Å²) in [5.74, 6) is 1.07. The van der Waals surface area contributed by atoms with Crippen LogP contribution >= 0.6 is 0 Å². The number of carbonyl (C=O) groups excluding carboxylic acids is 2. The first-order chi connectivity index (χ1) is 12.6. The van der Waals surface area contributed by atoms with Crippen LogP contribution in [0, 0.1) is 0 Å². The van der Waals surface area contributed by atoms with Crippen LogP contribution in [-0.2, 0) is 11.2 Å². The molecule has 0 aliphatic carbocycles. The van der Waals surface area contributed by atoms with Crippen LogP contribution in [0.5, 0.6) is 0 Å². The average Bonchev–Trinajstić information content (AvgIpc) is 3.12. The molecule has 0 unspecified atom stereocenters. The predicted molar refractivity (Wildman–Crippen MR) is 101 cm³/mol. The molecule has 0 radical (unpaired) electrons. The lowest BCUT2D eigenvalue weighted by molar-refractivity contribution is -0.116. The largest absolute Gasteiger partial charge is 0.353 e. The molecule has 134 valence electrons. The number of pyridine rings is 1. The number of hydrogen-bond donors (Lipinski definition) is 0. The Balaban J connectivity index is 1.44. The summed E-state index contributed by atoms with van der Waals surface area (Å²) in [5, 5.41) is 0. The molecule has 2 aromatic rings. The van der Waals surface area contributed by atoms with E-state index in [4.69, 9.17) is 0 Å². The van der Waals surface area contributed by atoms with Gasteiger partial charge < -0.3 is 14.7 Å². The number of amides is 2. The van der Waals surface area contributed by atoms with Gasteiger partial charge in [-0.15, -0.1) is 0 Å². The molecule has 0 spiro atoms. The van der Waals surface area contributed by atoms with Gasteiger partial charge in [0.25, 0.3) is 5.91 Å². The van der Waals surface area contributed by atoms with Gasteiger partial charge in [0.15, 0.2) is 0 Å². The Kier molecular flexibility index (Phi) is 4.32. The van der Waals surface area contributed by atoms with Crippen LogP contribution in [0.3, 0.4) is 0 Å². The molecule has 6 nitrogen and oxygen atoms in total. The third kappa shape index (κ3) is 3.03. The highest BCUT2D eigenvalue weighted by molar-refractivity contribution is 5.98. The molecule has 2 aliphatic rings. The van der Waals surface area contributed by atoms with Gasteiger partial charge in [-0.05, 0) is 42.3 Å². The Hall–Kier alpha value is -2.89. The van der Waals surface area contributed by atoms with Gasteiger partial charge >= 0.3 is 0 Å². The fourth-order valence-corrected chi connectivity index (χ4v) is 3.72. The number of benzene rings is 1. The maximum Gasteiger partial charge on any atom is 0.253 e. The molecule has 0 atom stereocenters. The van der Waals surface area contributed by atoms with Crippen molar-refractivity contribution in [2.45, 2.75) is 13.3 Å². The van der Waals surface area contributed by atoms with E-state index < -0.39 is 0 Å². The lowest BCUT2D eigenvalue weighted by Gasteiger charge is -2.35. The van der Waals surface area contributed by atoms with Crippen LogP contribution < -0.4 is 9.80 Å². The number of nitrogens with zero attached hydrogens (tertiary/aromatic N) is 4. The van der Waals surface area contributed by atoms with Crippen molar-refractivity contribution >= 4 is 23.3 Å². The van der Waals surface area contributed by atoms with E-state index in [2.05, 4.69) is 9.88 Å². The third-order valence-electron chi connectivity index (χ3n) is 5.14. The molecule has 6 heteroatoms. The average molecular weight is 350 g/mol. The van der Waals surface area contributed by atoms with E-state index in [1.54, 1.807) is 18.0 Å². The van der Waals surface area contributed by atoms with Crippen molar-refractivity contribution in [3.05, 3.63) is 53.7 Å². The summed E-state index contributed by atoms with van der Waals surface area (Å²) < 4.78 is 0. The van der Waals surface area contributed by atoms with Crippen LogP contribution in [0.4, 0.5) is 11.5 Å². The van der Waals surface area contributed by atoms with Crippen molar-refractivity contribution in [1.82, 2.24) is 9.88 Å². The van der Waals surface area contributed by atoms with E-state index in [-0.39, 0.29) is 11.8 Å². The van der Waals surface area contributed by atoms with Crippen molar-refractivity contribution in [3.63, 3.8) is 0 Å². The monoisotopic (exact) mass is 350 g/mol. The predicted octanol–water partition coefficient (Wildman–Crippen LogP) is 1.95. The molecule has 1 fully saturated rings. The molecule has 0 saturated carbocycles. The number of anilines is 2. The minimum Gasteiger partial charge on any atom is -0.353 e. The summed E-state index contributed by atoms with van der Waals surface area (Å²) in [7, 11) is 0. The number of piperazine rings is 1. The van der Waals surface area contributed by atoms with Crippen molar-refractivity contribution in [3.8, 4) is 0 Å². The Bertz CT molecular complexity index is 829. The highest BCUT2D eigenvalue weighted by Crippen LogP contribution is 2.29. The number of hydrogen-bond acceptors (Lipinski definition) is 4. The maximum atomic E-state index is 12.9. The van der Waals surface area contributed by atoms with E-state index in [1.807, 2.05) is 41.3 Å². The van der Waals surface area contributed by atoms with Gasteiger partial charge in [-0.25, -0.2) is 4.98 Å². The smallest absolute Gasteiger partial charge is 0.253 e. The number of carbonyl (C=O) groups is 2. The van der Waals surface area contributed by atoms with Crippen LogP contribution in [0.1, 0.15) is 22.8 Å². The van der Waals surface area contributed by atoms with Crippen LogP contribution in [0.25, 0.3) is 0 Å². The molecule has 2 aliphatic heterocycles. The van der Waals surface area contributed by atoms with Crippen LogP contribution in [0.15, 0.2) is 42.6 Å². The quantitative estimate of drug-likeness (QED) is 0.831. The lowest BCUT2D eigenvalue weighted by atomic mass is 10.1. The van der Waals surface area contributed by atoms with E-state index in [0.717, 1.165) is 36.6 Å². The van der Waals surface area contributed by atoms with Gasteiger partial charge in [-0.3, -0.25) is 9.59 Å². The zero-order valence-electron chi connectivity index (χ0n) is 14.9. The zero-order valence-corrected chi connectivity index (χ0v) is 14.9. The molecular formula is C20H22N4O2. The Morgan fingerprint density at radius 1 is 1.00 bits per heavy atom. The van der Waals surface area contributed by atoms with Gasteiger partial charge in [0.2, 0.25) is 5.91 Å². The summed E-state index contributed by atoms with van der Waals surface area (Å²) in [4.78, 5) is 34.8. The molecule has 26 heavy (non-hydrogen) atoms. The van der Waals surface area contributed by atoms with Crippen LogP contribution in [-0.4, -0.2) is 54.4 Å². The van der Waals surface area contributed by atoms with Gasteiger partial charge in [-0.1, -0.05) is 6.07 Å². The highest BCUT2D eigenvalue weighted by Gasteiger charge is 2.26. The number of rotatable bonds is 2. The minimum atomic E-state index is 0.0495. The van der Waals surface area contributed by atoms with E-state index >= 15 is 0 Å². The van der Waals surface area contributed by atoms with E-state index in [0.29, 0.717) is 25.2 Å². The zero-order chi connectivity index (χ0) is 18.1. The second-order valence-corrected chi connectivity index (χ2v) is 6.73. The molecule has 0 N–H and O–H groups in total. The SMILES string of the molecule is CC(=O)N1CCc2cc(C(=O)N3CCN(c4ccccn4)CC3)ccc21. The Labute approximate surface area is 153 Å².